The van der Waals surface area contributed by atoms with Crippen LogP contribution in [0, 0.1) is 0 Å². The van der Waals surface area contributed by atoms with Gasteiger partial charge in [0, 0.05) is 0 Å². The highest BCUT2D eigenvalue weighted by atomic mass is 16.4. The van der Waals surface area contributed by atoms with E-state index in [1.165, 1.54) is 0 Å². The molecule has 7 nitrogen and oxygen atoms in total. The number of urea groups is 1. The fourth-order valence-corrected chi connectivity index (χ4v) is 0.303. The molecule has 60 valence electrons. The first kappa shape index (κ1) is 9.08. The normalized spacial score (nSPS) is 8.36. The van der Waals surface area contributed by atoms with E-state index >= 15 is 0 Å². The van der Waals surface area contributed by atoms with Gasteiger partial charge >= 0.3 is 17.9 Å². The highest BCUT2D eigenvalue weighted by Gasteiger charge is 2.24. The molecule has 0 saturated heterocycles. The van der Waals surface area contributed by atoms with Crippen molar-refractivity contribution in [2.45, 2.75) is 0 Å². The van der Waals surface area contributed by atoms with Gasteiger partial charge in [-0.25, -0.2) is 9.59 Å². The zero-order valence-corrected chi connectivity index (χ0v) is 5.18. The van der Waals surface area contributed by atoms with Crippen LogP contribution in [0.15, 0.2) is 0 Å². The number of carboxylic acid groups (broad SMARTS) is 1. The van der Waals surface area contributed by atoms with Crippen LogP contribution in [0.5, 0.6) is 0 Å². The molecular weight excluding hydrogens is 156 g/mol. The van der Waals surface area contributed by atoms with E-state index in [-0.39, 0.29) is 11.3 Å². The molecule has 0 aliphatic carbocycles. The molecule has 7 heteroatoms. The van der Waals surface area contributed by atoms with Gasteiger partial charge in [-0.1, -0.05) is 0 Å². The van der Waals surface area contributed by atoms with E-state index in [1.807, 2.05) is 0 Å². The number of aliphatic carboxylic acids is 1. The number of imide groups is 3. The van der Waals surface area contributed by atoms with Crippen LogP contribution < -0.4 is 5.73 Å². The SMILES string of the molecule is NC(=O)N(C=O)C(=O)C(=O)O. The Morgan fingerprint density at radius 2 is 1.82 bits per heavy atom. The molecular formula is C4H4N2O5. The van der Waals surface area contributed by atoms with Crippen LogP contribution in [0.3, 0.4) is 0 Å². The molecule has 4 amide bonds. The quantitative estimate of drug-likeness (QED) is 0.344. The van der Waals surface area contributed by atoms with Gasteiger partial charge in [0.15, 0.2) is 0 Å². The largest absolute Gasteiger partial charge is 0.474 e. The lowest BCUT2D eigenvalue weighted by Gasteiger charge is -2.04. The third-order valence-electron chi connectivity index (χ3n) is 0.745. The zero-order chi connectivity index (χ0) is 9.02. The topological polar surface area (TPSA) is 118 Å². The van der Waals surface area contributed by atoms with Gasteiger partial charge in [0.05, 0.1) is 0 Å². The van der Waals surface area contributed by atoms with E-state index in [9.17, 15) is 19.2 Å². The summed E-state index contributed by atoms with van der Waals surface area (Å²) in [5.74, 6) is -3.59. The van der Waals surface area contributed by atoms with Crippen molar-refractivity contribution in [2.75, 3.05) is 0 Å². The number of hydrogen-bond acceptors (Lipinski definition) is 4. The Bertz CT molecular complexity index is 223. The van der Waals surface area contributed by atoms with Crippen LogP contribution in [0.2, 0.25) is 0 Å². The monoisotopic (exact) mass is 160 g/mol. The first-order chi connectivity index (χ1) is 5.00. The smallest absolute Gasteiger partial charge is 0.395 e. The summed E-state index contributed by atoms with van der Waals surface area (Å²) in [6.45, 7) is 0. The van der Waals surface area contributed by atoms with Crippen molar-refractivity contribution in [1.82, 2.24) is 4.90 Å². The van der Waals surface area contributed by atoms with E-state index in [4.69, 9.17) is 5.11 Å². The number of hydrogen-bond donors (Lipinski definition) is 2. The molecule has 0 aromatic heterocycles. The van der Waals surface area contributed by atoms with Crippen molar-refractivity contribution >= 4 is 24.3 Å². The fraction of sp³-hybridized carbons (Fsp3) is 0. The van der Waals surface area contributed by atoms with Crippen LogP contribution in [0.4, 0.5) is 4.79 Å². The molecule has 0 radical (unpaired) electrons. The van der Waals surface area contributed by atoms with Crippen LogP contribution in [0.25, 0.3) is 0 Å². The van der Waals surface area contributed by atoms with Gasteiger partial charge < -0.3 is 10.8 Å². The first-order valence-electron chi connectivity index (χ1n) is 2.32. The third-order valence-corrected chi connectivity index (χ3v) is 0.745. The molecule has 0 aliphatic rings. The van der Waals surface area contributed by atoms with Crippen LogP contribution in [0.1, 0.15) is 0 Å². The molecule has 11 heavy (non-hydrogen) atoms. The van der Waals surface area contributed by atoms with E-state index in [0.29, 0.717) is 0 Å². The van der Waals surface area contributed by atoms with Gasteiger partial charge in [-0.15, -0.1) is 0 Å². The minimum atomic E-state index is -1.92. The lowest BCUT2D eigenvalue weighted by molar-refractivity contribution is -0.155. The molecule has 0 heterocycles. The zero-order valence-electron chi connectivity index (χ0n) is 5.18. The van der Waals surface area contributed by atoms with Crippen molar-refractivity contribution in [2.24, 2.45) is 5.73 Å². The summed E-state index contributed by atoms with van der Waals surface area (Å²) in [5.41, 5.74) is 4.46. The van der Waals surface area contributed by atoms with Gasteiger partial charge in [-0.3, -0.25) is 9.59 Å². The number of amides is 4. The van der Waals surface area contributed by atoms with Crippen LogP contribution >= 0.6 is 0 Å². The Morgan fingerprint density at radius 1 is 1.36 bits per heavy atom. The molecule has 0 atom stereocenters. The number of carbonyl (C=O) groups excluding carboxylic acids is 3. The number of carbonyl (C=O) groups is 4. The summed E-state index contributed by atoms with van der Waals surface area (Å²) in [6, 6.07) is -1.42. The molecule has 0 spiro atoms. The summed E-state index contributed by atoms with van der Waals surface area (Å²) in [6.07, 6.45) is -0.265. The minimum absolute atomic E-state index is 0.248. The van der Waals surface area contributed by atoms with Gasteiger partial charge in [0.2, 0.25) is 6.41 Å². The number of nitrogens with zero attached hydrogens (tertiary/aromatic N) is 1. The Labute approximate surface area is 60.4 Å². The van der Waals surface area contributed by atoms with Crippen LogP contribution in [-0.2, 0) is 14.4 Å². The van der Waals surface area contributed by atoms with Gasteiger partial charge in [-0.2, -0.15) is 4.90 Å². The molecule has 0 unspecified atom stereocenters. The summed E-state index contributed by atoms with van der Waals surface area (Å²) in [5, 5.41) is 7.97. The highest BCUT2D eigenvalue weighted by Crippen LogP contribution is 1.83. The van der Waals surface area contributed by atoms with Gasteiger partial charge in [0.25, 0.3) is 0 Å². The Kier molecular flexibility index (Phi) is 2.72. The molecule has 0 aromatic rings. The lowest BCUT2D eigenvalue weighted by atomic mass is 10.5. The minimum Gasteiger partial charge on any atom is -0.474 e. The van der Waals surface area contributed by atoms with E-state index in [1.54, 1.807) is 0 Å². The molecule has 0 rings (SSSR count). The molecule has 3 N–H and O–H groups in total. The number of rotatable bonds is 1. The Balaban J connectivity index is 4.52. The Morgan fingerprint density at radius 3 is 1.91 bits per heavy atom. The summed E-state index contributed by atoms with van der Waals surface area (Å²) >= 11 is 0. The summed E-state index contributed by atoms with van der Waals surface area (Å²) in [7, 11) is 0. The number of carboxylic acids is 1. The van der Waals surface area contributed by atoms with E-state index in [2.05, 4.69) is 5.73 Å². The van der Waals surface area contributed by atoms with Gasteiger partial charge in [-0.05, 0) is 0 Å². The number of nitrogens with two attached hydrogens (primary N) is 1. The second kappa shape index (κ2) is 3.30. The third kappa shape index (κ3) is 2.05. The fourth-order valence-electron chi connectivity index (χ4n) is 0.303. The van der Waals surface area contributed by atoms with E-state index < -0.39 is 17.9 Å². The Hall–Kier alpha value is -1.92. The standard InChI is InChI=1S/C4H4N2O5/c5-4(11)6(1-7)2(8)3(9)10/h1H,(H2,5,11)(H,9,10). The molecule has 0 fully saturated rings. The molecule has 0 aromatic carbocycles. The second-order valence-electron chi connectivity index (χ2n) is 1.42. The van der Waals surface area contributed by atoms with Crippen LogP contribution in [-0.4, -0.2) is 34.3 Å². The van der Waals surface area contributed by atoms with Crippen molar-refractivity contribution in [1.29, 1.82) is 0 Å². The van der Waals surface area contributed by atoms with Crippen molar-refractivity contribution in [3.63, 3.8) is 0 Å². The molecule has 0 bridgehead atoms. The van der Waals surface area contributed by atoms with Crippen molar-refractivity contribution < 1.29 is 24.3 Å². The maximum Gasteiger partial charge on any atom is 0.395 e. The predicted molar refractivity (Wildman–Crippen MR) is 30.1 cm³/mol. The van der Waals surface area contributed by atoms with Crippen molar-refractivity contribution in [3.8, 4) is 0 Å². The molecule has 0 saturated carbocycles. The number of primary amides is 1. The maximum absolute atomic E-state index is 10.3. The molecule has 0 aliphatic heterocycles. The summed E-state index contributed by atoms with van der Waals surface area (Å²) in [4.78, 5) is 39.9. The summed E-state index contributed by atoms with van der Waals surface area (Å²) < 4.78 is 0. The predicted octanol–water partition coefficient (Wildman–Crippen LogP) is -1.87. The van der Waals surface area contributed by atoms with E-state index in [0.717, 1.165) is 0 Å². The highest BCUT2D eigenvalue weighted by molar-refractivity contribution is 6.36. The maximum atomic E-state index is 10.3. The van der Waals surface area contributed by atoms with Gasteiger partial charge in [0.1, 0.15) is 0 Å². The lowest BCUT2D eigenvalue weighted by Crippen LogP contribution is -2.43. The average molecular weight is 160 g/mol. The average Bonchev–Trinajstić information content (AvgIpc) is 1.88. The first-order valence-corrected chi connectivity index (χ1v) is 2.32. The van der Waals surface area contributed by atoms with Crippen molar-refractivity contribution in [3.05, 3.63) is 0 Å². The second-order valence-corrected chi connectivity index (χ2v) is 1.42.